The van der Waals surface area contributed by atoms with Crippen molar-refractivity contribution >= 4 is 17.3 Å². The Morgan fingerprint density at radius 2 is 2.12 bits per heavy atom. The summed E-state index contributed by atoms with van der Waals surface area (Å²) in [6.07, 6.45) is 1.26. The second-order valence-corrected chi connectivity index (χ2v) is 4.74. The number of H-pyrrole nitrogens is 1. The molecule has 0 saturated heterocycles. The largest absolute Gasteiger partial charge is 0.494 e. The maximum absolute atomic E-state index is 12.0. The van der Waals surface area contributed by atoms with Crippen LogP contribution in [0.4, 0.5) is 11.4 Å². The number of benzene rings is 1. The first-order chi connectivity index (χ1) is 11.4. The van der Waals surface area contributed by atoms with Crippen molar-refractivity contribution in [2.24, 2.45) is 0 Å². The highest BCUT2D eigenvalue weighted by atomic mass is 16.6. The van der Waals surface area contributed by atoms with Gasteiger partial charge in [-0.05, 0) is 6.07 Å². The average Bonchev–Trinajstić information content (AvgIpc) is 2.54. The molecule has 0 atom stereocenters. The van der Waals surface area contributed by atoms with E-state index in [2.05, 4.69) is 10.3 Å². The van der Waals surface area contributed by atoms with Crippen LogP contribution in [0.3, 0.4) is 0 Å². The minimum Gasteiger partial charge on any atom is -0.494 e. The molecule has 1 heterocycles. The summed E-state index contributed by atoms with van der Waals surface area (Å²) < 4.78 is 6.21. The van der Waals surface area contributed by atoms with Gasteiger partial charge in [0, 0.05) is 31.3 Å². The number of ether oxygens (including phenoxy) is 1. The van der Waals surface area contributed by atoms with E-state index < -0.39 is 22.1 Å². The Balaban J connectivity index is 2.05. The number of aromatic amines is 1. The quantitative estimate of drug-likeness (QED) is 0.582. The molecule has 0 spiro atoms. The van der Waals surface area contributed by atoms with E-state index in [9.17, 15) is 24.5 Å². The predicted molar refractivity (Wildman–Crippen MR) is 84.2 cm³/mol. The molecule has 10 nitrogen and oxygen atoms in total. The van der Waals surface area contributed by atoms with Gasteiger partial charge >= 0.3 is 5.69 Å². The highest BCUT2D eigenvalue weighted by Gasteiger charge is 2.13. The first kappa shape index (κ1) is 16.9. The van der Waals surface area contributed by atoms with E-state index in [0.717, 1.165) is 0 Å². The van der Waals surface area contributed by atoms with Crippen molar-refractivity contribution in [3.8, 4) is 5.75 Å². The Morgan fingerprint density at radius 3 is 2.75 bits per heavy atom. The summed E-state index contributed by atoms with van der Waals surface area (Å²) in [4.78, 5) is 46.7. The van der Waals surface area contributed by atoms with E-state index in [1.165, 1.54) is 42.1 Å². The van der Waals surface area contributed by atoms with Gasteiger partial charge in [0.2, 0.25) is 5.91 Å². The number of nitrogens with zero attached hydrogens (tertiary/aromatic N) is 2. The molecule has 126 valence electrons. The van der Waals surface area contributed by atoms with Crippen LogP contribution in [0.5, 0.6) is 5.75 Å². The van der Waals surface area contributed by atoms with E-state index >= 15 is 0 Å². The second kappa shape index (κ2) is 7.22. The second-order valence-electron chi connectivity index (χ2n) is 4.74. The third-order valence-electron chi connectivity index (χ3n) is 3.15. The number of nitro benzene ring substituents is 1. The Kier molecular flexibility index (Phi) is 5.09. The molecule has 1 aromatic heterocycles. The number of rotatable bonds is 6. The summed E-state index contributed by atoms with van der Waals surface area (Å²) in [5.41, 5.74) is -1.01. The molecule has 0 bridgehead atoms. The van der Waals surface area contributed by atoms with Gasteiger partial charge in [-0.2, -0.15) is 0 Å². The van der Waals surface area contributed by atoms with Crippen molar-refractivity contribution in [3.05, 3.63) is 61.4 Å². The number of anilines is 1. The maximum Gasteiger partial charge on any atom is 0.328 e. The van der Waals surface area contributed by atoms with Crippen molar-refractivity contribution < 1.29 is 14.5 Å². The minimum atomic E-state index is -0.608. The third kappa shape index (κ3) is 4.06. The Morgan fingerprint density at radius 1 is 1.38 bits per heavy atom. The molecular weight excluding hydrogens is 320 g/mol. The Hall–Kier alpha value is -3.43. The van der Waals surface area contributed by atoms with Crippen LogP contribution in [0.2, 0.25) is 0 Å². The molecule has 0 fully saturated rings. The fraction of sp³-hybridized carbons (Fsp3) is 0.214. The number of carbonyl (C=O) groups excluding carboxylic acids is 1. The lowest BCUT2D eigenvalue weighted by atomic mass is 10.2. The van der Waals surface area contributed by atoms with Crippen LogP contribution in [-0.4, -0.2) is 27.5 Å². The monoisotopic (exact) mass is 334 g/mol. The van der Waals surface area contributed by atoms with Crippen LogP contribution in [0, 0.1) is 10.1 Å². The van der Waals surface area contributed by atoms with Crippen LogP contribution in [0.25, 0.3) is 0 Å². The molecule has 2 aromatic rings. The van der Waals surface area contributed by atoms with Gasteiger partial charge in [0.05, 0.1) is 23.8 Å². The number of methoxy groups -OCH3 is 1. The molecule has 0 saturated carbocycles. The summed E-state index contributed by atoms with van der Waals surface area (Å²) >= 11 is 0. The topological polar surface area (TPSA) is 136 Å². The molecule has 2 N–H and O–H groups in total. The van der Waals surface area contributed by atoms with Gasteiger partial charge in [-0.1, -0.05) is 0 Å². The van der Waals surface area contributed by atoms with Gasteiger partial charge in [-0.3, -0.25) is 24.7 Å². The van der Waals surface area contributed by atoms with Crippen molar-refractivity contribution in [2.45, 2.75) is 13.0 Å². The molecule has 1 aromatic carbocycles. The first-order valence-electron chi connectivity index (χ1n) is 6.83. The van der Waals surface area contributed by atoms with Crippen molar-refractivity contribution in [1.82, 2.24) is 9.55 Å². The van der Waals surface area contributed by atoms with Gasteiger partial charge in [0.25, 0.3) is 11.2 Å². The number of carbonyl (C=O) groups is 1. The molecule has 0 aliphatic rings. The van der Waals surface area contributed by atoms with Gasteiger partial charge in [-0.25, -0.2) is 4.79 Å². The number of aryl methyl sites for hydroxylation is 1. The molecule has 0 aliphatic carbocycles. The molecule has 1 amide bonds. The minimum absolute atomic E-state index is 0.0356. The van der Waals surface area contributed by atoms with Crippen molar-refractivity contribution in [2.75, 3.05) is 12.4 Å². The zero-order valence-corrected chi connectivity index (χ0v) is 12.6. The van der Waals surface area contributed by atoms with Crippen LogP contribution < -0.4 is 21.3 Å². The average molecular weight is 334 g/mol. The molecule has 24 heavy (non-hydrogen) atoms. The summed E-state index contributed by atoms with van der Waals surface area (Å²) in [6, 6.07) is 4.98. The van der Waals surface area contributed by atoms with Gasteiger partial charge < -0.3 is 14.6 Å². The van der Waals surface area contributed by atoms with Crippen LogP contribution in [0.15, 0.2) is 40.1 Å². The van der Waals surface area contributed by atoms with Gasteiger partial charge in [-0.15, -0.1) is 0 Å². The number of non-ortho nitro benzene ring substituents is 1. The number of amides is 1. The van der Waals surface area contributed by atoms with Crippen molar-refractivity contribution in [1.29, 1.82) is 0 Å². The number of hydrogen-bond donors (Lipinski definition) is 2. The van der Waals surface area contributed by atoms with Crippen LogP contribution in [-0.2, 0) is 11.3 Å². The SMILES string of the molecule is COc1cc([N+](=O)[O-])ccc1NC(=O)CCn1ccc(=O)[nH]c1=O. The first-order valence-corrected chi connectivity index (χ1v) is 6.83. The van der Waals surface area contributed by atoms with E-state index in [1.807, 2.05) is 0 Å². The Labute approximate surface area is 134 Å². The summed E-state index contributed by atoms with van der Waals surface area (Å²) in [7, 11) is 1.33. The lowest BCUT2D eigenvalue weighted by Gasteiger charge is -2.10. The zero-order valence-electron chi connectivity index (χ0n) is 12.6. The van der Waals surface area contributed by atoms with Gasteiger partial charge in [0.1, 0.15) is 5.75 Å². The lowest BCUT2D eigenvalue weighted by molar-refractivity contribution is -0.384. The van der Waals surface area contributed by atoms with Crippen molar-refractivity contribution in [3.63, 3.8) is 0 Å². The summed E-state index contributed by atoms with van der Waals surface area (Å²) in [6.45, 7) is 0.0662. The maximum atomic E-state index is 12.0. The molecule has 0 unspecified atom stereocenters. The van der Waals surface area contributed by atoms with Crippen LogP contribution >= 0.6 is 0 Å². The number of hydrogen-bond acceptors (Lipinski definition) is 6. The Bertz CT molecular complexity index is 885. The lowest BCUT2D eigenvalue weighted by Crippen LogP contribution is -2.29. The highest BCUT2D eigenvalue weighted by Crippen LogP contribution is 2.29. The number of nitro groups is 1. The normalized spacial score (nSPS) is 10.2. The standard InChI is InChI=1S/C14H14N4O6/c1-24-11-8-9(18(22)23)2-3-10(11)15-12(19)4-6-17-7-5-13(20)16-14(17)21/h2-3,5,7-8H,4,6H2,1H3,(H,15,19)(H,16,20,21). The molecule has 2 rings (SSSR count). The van der Waals surface area contributed by atoms with E-state index in [4.69, 9.17) is 4.74 Å². The third-order valence-corrected chi connectivity index (χ3v) is 3.15. The fourth-order valence-corrected chi connectivity index (χ4v) is 1.95. The van der Waals surface area contributed by atoms with Gasteiger partial charge in [0.15, 0.2) is 0 Å². The molecular formula is C14H14N4O6. The van der Waals surface area contributed by atoms with E-state index in [0.29, 0.717) is 0 Å². The van der Waals surface area contributed by atoms with E-state index in [-0.39, 0.29) is 30.1 Å². The summed E-state index contributed by atoms with van der Waals surface area (Å²) in [5, 5.41) is 13.3. The predicted octanol–water partition coefficient (Wildman–Crippen LogP) is 0.482. The fourth-order valence-electron chi connectivity index (χ4n) is 1.95. The smallest absolute Gasteiger partial charge is 0.328 e. The number of aromatic nitrogens is 2. The summed E-state index contributed by atoms with van der Waals surface area (Å²) in [5.74, 6) is -0.265. The highest BCUT2D eigenvalue weighted by molar-refractivity contribution is 5.92. The molecule has 0 aliphatic heterocycles. The molecule has 10 heteroatoms. The zero-order chi connectivity index (χ0) is 17.7. The molecule has 0 radical (unpaired) electrons. The van der Waals surface area contributed by atoms with E-state index in [1.54, 1.807) is 0 Å². The number of nitrogens with one attached hydrogen (secondary N) is 2. The van der Waals surface area contributed by atoms with Crippen LogP contribution in [0.1, 0.15) is 6.42 Å².